The molecule has 0 heterocycles. The van der Waals surface area contributed by atoms with Crippen molar-refractivity contribution in [3.63, 3.8) is 0 Å². The normalized spacial score (nSPS) is 10.1. The molecule has 0 aliphatic carbocycles. The zero-order chi connectivity index (χ0) is 16.3. The van der Waals surface area contributed by atoms with Crippen molar-refractivity contribution in [1.82, 2.24) is 0 Å². The number of carboxylic acid groups (broad SMARTS) is 1. The first-order valence-electron chi connectivity index (χ1n) is 6.50. The van der Waals surface area contributed by atoms with Crippen LogP contribution < -0.4 is 10.2 Å². The van der Waals surface area contributed by atoms with Crippen molar-refractivity contribution in [2.24, 2.45) is 0 Å². The summed E-state index contributed by atoms with van der Waals surface area (Å²) in [5, 5.41) is 12.4. The third-order valence-corrected chi connectivity index (χ3v) is 3.32. The quantitative estimate of drug-likeness (QED) is 0.907. The number of amides is 1. The van der Waals surface area contributed by atoms with Gasteiger partial charge >= 0.3 is 5.97 Å². The van der Waals surface area contributed by atoms with E-state index in [2.05, 4.69) is 5.32 Å². The molecule has 114 valence electrons. The van der Waals surface area contributed by atoms with Gasteiger partial charge in [0, 0.05) is 30.4 Å². The van der Waals surface area contributed by atoms with E-state index in [0.29, 0.717) is 10.6 Å². The number of hydrogen-bond donors (Lipinski definition) is 2. The van der Waals surface area contributed by atoms with E-state index < -0.39 is 11.9 Å². The van der Waals surface area contributed by atoms with Crippen LogP contribution in [0, 0.1) is 0 Å². The molecule has 0 spiro atoms. The van der Waals surface area contributed by atoms with Crippen molar-refractivity contribution in [2.45, 2.75) is 0 Å². The number of carbonyl (C=O) groups is 2. The second kappa shape index (κ2) is 6.49. The average molecular weight is 319 g/mol. The minimum Gasteiger partial charge on any atom is -0.478 e. The Bertz CT molecular complexity index is 729. The van der Waals surface area contributed by atoms with Crippen molar-refractivity contribution in [2.75, 3.05) is 24.3 Å². The predicted molar refractivity (Wildman–Crippen MR) is 87.1 cm³/mol. The third-order valence-electron chi connectivity index (χ3n) is 3.08. The molecule has 2 N–H and O–H groups in total. The fourth-order valence-electron chi connectivity index (χ4n) is 1.92. The standard InChI is InChI=1S/C16H15ClN2O3/c1-19(2)12-6-7-14(13(9-12)16(21)22)18-15(20)10-4-3-5-11(17)8-10/h3-9H,1-2H3,(H,18,20)(H,21,22). The highest BCUT2D eigenvalue weighted by atomic mass is 35.5. The highest BCUT2D eigenvalue weighted by molar-refractivity contribution is 6.31. The van der Waals surface area contributed by atoms with E-state index in [4.69, 9.17) is 11.6 Å². The zero-order valence-corrected chi connectivity index (χ0v) is 12.9. The number of carbonyl (C=O) groups excluding carboxylic acids is 1. The molecule has 0 bridgehead atoms. The molecular weight excluding hydrogens is 304 g/mol. The number of nitrogens with zero attached hydrogens (tertiary/aromatic N) is 1. The molecule has 0 saturated heterocycles. The summed E-state index contributed by atoms with van der Waals surface area (Å²) in [5.41, 5.74) is 1.36. The number of halogens is 1. The predicted octanol–water partition coefficient (Wildman–Crippen LogP) is 3.36. The van der Waals surface area contributed by atoms with Crippen LogP contribution in [0.2, 0.25) is 5.02 Å². The first kappa shape index (κ1) is 15.9. The molecule has 0 aliphatic rings. The Morgan fingerprint density at radius 2 is 1.86 bits per heavy atom. The average Bonchev–Trinajstić information content (AvgIpc) is 2.47. The lowest BCUT2D eigenvalue weighted by Crippen LogP contribution is -2.16. The van der Waals surface area contributed by atoms with Crippen LogP contribution in [0.1, 0.15) is 20.7 Å². The maximum absolute atomic E-state index is 12.2. The molecular formula is C16H15ClN2O3. The molecule has 0 radical (unpaired) electrons. The van der Waals surface area contributed by atoms with Crippen molar-refractivity contribution >= 4 is 34.9 Å². The van der Waals surface area contributed by atoms with Crippen LogP contribution in [0.3, 0.4) is 0 Å². The van der Waals surface area contributed by atoms with Gasteiger partial charge in [-0.15, -0.1) is 0 Å². The molecule has 2 aromatic carbocycles. The number of hydrogen-bond acceptors (Lipinski definition) is 3. The Hall–Kier alpha value is -2.53. The lowest BCUT2D eigenvalue weighted by atomic mass is 10.1. The number of benzene rings is 2. The van der Waals surface area contributed by atoms with Crippen LogP contribution in [0.15, 0.2) is 42.5 Å². The zero-order valence-electron chi connectivity index (χ0n) is 12.1. The van der Waals surface area contributed by atoms with E-state index in [-0.39, 0.29) is 11.3 Å². The van der Waals surface area contributed by atoms with Crippen LogP contribution in [-0.4, -0.2) is 31.1 Å². The van der Waals surface area contributed by atoms with E-state index in [1.807, 2.05) is 14.1 Å². The van der Waals surface area contributed by atoms with Crippen LogP contribution in [-0.2, 0) is 0 Å². The molecule has 5 nitrogen and oxygen atoms in total. The van der Waals surface area contributed by atoms with Gasteiger partial charge in [-0.25, -0.2) is 4.79 Å². The number of aromatic carboxylic acids is 1. The maximum atomic E-state index is 12.2. The summed E-state index contributed by atoms with van der Waals surface area (Å²) in [6, 6.07) is 11.3. The molecule has 2 rings (SSSR count). The second-order valence-corrected chi connectivity index (χ2v) is 5.33. The SMILES string of the molecule is CN(C)c1ccc(NC(=O)c2cccc(Cl)c2)c(C(=O)O)c1. The smallest absolute Gasteiger partial charge is 0.337 e. The molecule has 2 aromatic rings. The maximum Gasteiger partial charge on any atom is 0.337 e. The van der Waals surface area contributed by atoms with Crippen LogP contribution >= 0.6 is 11.6 Å². The second-order valence-electron chi connectivity index (χ2n) is 4.89. The minimum absolute atomic E-state index is 0.0292. The Morgan fingerprint density at radius 1 is 1.14 bits per heavy atom. The fraction of sp³-hybridized carbons (Fsp3) is 0.125. The van der Waals surface area contributed by atoms with Gasteiger partial charge in [-0.1, -0.05) is 17.7 Å². The molecule has 1 amide bonds. The van der Waals surface area contributed by atoms with Gasteiger partial charge in [-0.05, 0) is 36.4 Å². The topological polar surface area (TPSA) is 69.6 Å². The van der Waals surface area contributed by atoms with Gasteiger partial charge in [-0.3, -0.25) is 4.79 Å². The van der Waals surface area contributed by atoms with Crippen molar-refractivity contribution in [1.29, 1.82) is 0 Å². The molecule has 0 atom stereocenters. The Balaban J connectivity index is 2.33. The van der Waals surface area contributed by atoms with E-state index in [1.54, 1.807) is 35.2 Å². The summed E-state index contributed by atoms with van der Waals surface area (Å²) in [6.07, 6.45) is 0. The largest absolute Gasteiger partial charge is 0.478 e. The van der Waals surface area contributed by atoms with E-state index >= 15 is 0 Å². The minimum atomic E-state index is -1.11. The van der Waals surface area contributed by atoms with E-state index in [0.717, 1.165) is 5.69 Å². The molecule has 0 aliphatic heterocycles. The molecule has 22 heavy (non-hydrogen) atoms. The Kier molecular flexibility index (Phi) is 4.68. The van der Waals surface area contributed by atoms with Crippen LogP contribution in [0.5, 0.6) is 0 Å². The summed E-state index contributed by atoms with van der Waals surface area (Å²) in [5.74, 6) is -1.52. The molecule has 6 heteroatoms. The Morgan fingerprint density at radius 3 is 2.45 bits per heavy atom. The number of rotatable bonds is 4. The molecule has 0 aromatic heterocycles. The van der Waals surface area contributed by atoms with Gasteiger partial charge in [-0.2, -0.15) is 0 Å². The number of nitrogens with one attached hydrogen (secondary N) is 1. The number of carboxylic acids is 1. The lowest BCUT2D eigenvalue weighted by molar-refractivity contribution is 0.0698. The highest BCUT2D eigenvalue weighted by Crippen LogP contribution is 2.23. The van der Waals surface area contributed by atoms with Gasteiger partial charge in [0.25, 0.3) is 5.91 Å². The molecule has 0 fully saturated rings. The van der Waals surface area contributed by atoms with Gasteiger partial charge in [0.05, 0.1) is 11.3 Å². The van der Waals surface area contributed by atoms with E-state index in [9.17, 15) is 14.7 Å². The molecule has 0 unspecified atom stereocenters. The first-order valence-corrected chi connectivity index (χ1v) is 6.88. The van der Waals surface area contributed by atoms with Gasteiger partial charge in [0.15, 0.2) is 0 Å². The van der Waals surface area contributed by atoms with Crippen molar-refractivity contribution < 1.29 is 14.7 Å². The monoisotopic (exact) mass is 318 g/mol. The fourth-order valence-corrected chi connectivity index (χ4v) is 2.11. The summed E-state index contributed by atoms with van der Waals surface area (Å²) in [6.45, 7) is 0. The summed E-state index contributed by atoms with van der Waals surface area (Å²) >= 11 is 5.85. The number of anilines is 2. The van der Waals surface area contributed by atoms with Crippen LogP contribution in [0.4, 0.5) is 11.4 Å². The van der Waals surface area contributed by atoms with Crippen LogP contribution in [0.25, 0.3) is 0 Å². The van der Waals surface area contributed by atoms with Crippen molar-refractivity contribution in [3.8, 4) is 0 Å². The van der Waals surface area contributed by atoms with Gasteiger partial charge in [0.1, 0.15) is 0 Å². The summed E-state index contributed by atoms with van der Waals surface area (Å²) < 4.78 is 0. The molecule has 0 saturated carbocycles. The Labute approximate surface area is 133 Å². The van der Waals surface area contributed by atoms with E-state index in [1.165, 1.54) is 12.1 Å². The lowest BCUT2D eigenvalue weighted by Gasteiger charge is -2.15. The summed E-state index contributed by atoms with van der Waals surface area (Å²) in [4.78, 5) is 25.4. The third kappa shape index (κ3) is 3.56. The first-order chi connectivity index (χ1) is 10.4. The van der Waals surface area contributed by atoms with Crippen molar-refractivity contribution in [3.05, 3.63) is 58.6 Å². The summed E-state index contributed by atoms with van der Waals surface area (Å²) in [7, 11) is 3.62. The van der Waals surface area contributed by atoms with Gasteiger partial charge < -0.3 is 15.3 Å². The highest BCUT2D eigenvalue weighted by Gasteiger charge is 2.15. The van der Waals surface area contributed by atoms with Gasteiger partial charge in [0.2, 0.25) is 0 Å².